The normalized spacial score (nSPS) is 6.43. The van der Waals surface area contributed by atoms with Crippen LogP contribution in [0, 0.1) is 6.07 Å². The molecule has 4 amide bonds. The van der Waals surface area contributed by atoms with Gasteiger partial charge in [-0.05, 0) is 27.7 Å². The van der Waals surface area contributed by atoms with E-state index in [2.05, 4.69) is 6.07 Å². The number of benzene rings is 1. The van der Waals surface area contributed by atoms with E-state index in [0.717, 1.165) is 0 Å². The van der Waals surface area contributed by atoms with Gasteiger partial charge >= 0.3 is 0 Å². The molecule has 0 aromatic heterocycles. The minimum absolute atomic E-state index is 0. The van der Waals surface area contributed by atoms with E-state index in [1.165, 1.54) is 27.7 Å². The summed E-state index contributed by atoms with van der Waals surface area (Å²) in [6, 6.07) is 12.5. The van der Waals surface area contributed by atoms with E-state index in [9.17, 15) is 0 Å². The second-order valence-corrected chi connectivity index (χ2v) is 3.30. The van der Waals surface area contributed by atoms with Gasteiger partial charge in [-0.15, -0.1) is 0 Å². The molecule has 0 heterocycles. The zero-order valence-corrected chi connectivity index (χ0v) is 14.4. The van der Waals surface area contributed by atoms with Crippen molar-refractivity contribution in [1.29, 1.82) is 0 Å². The summed E-state index contributed by atoms with van der Waals surface area (Å²) in [5, 5.41) is 0. The second-order valence-electron chi connectivity index (χ2n) is 3.30. The third-order valence-electron chi connectivity index (χ3n) is 0.607. The number of hydrogen-bond acceptors (Lipinski definition) is 4. The van der Waals surface area contributed by atoms with Gasteiger partial charge in [-0.3, -0.25) is 0 Å². The fraction of sp³-hybridized carbons (Fsp3) is 0.286. The molecule has 135 valence electrons. The van der Waals surface area contributed by atoms with Crippen molar-refractivity contribution in [3.63, 3.8) is 0 Å². The van der Waals surface area contributed by atoms with Gasteiger partial charge in [0, 0.05) is 40.4 Å². The Labute approximate surface area is 147 Å². The third kappa shape index (κ3) is 467. The summed E-state index contributed by atoms with van der Waals surface area (Å²) in [5.41, 5.74) is 23.8. The molecule has 9 heteroatoms. The van der Waals surface area contributed by atoms with Crippen LogP contribution in [-0.2, 0) is 36.0 Å². The quantitative estimate of drug-likeness (QED) is 0.636. The van der Waals surface area contributed by atoms with E-state index in [-0.39, 0.29) is 16.8 Å². The molecule has 0 saturated carbocycles. The Balaban J connectivity index is -0.0000000591. The fourth-order valence-corrected chi connectivity index (χ4v) is 0.342. The van der Waals surface area contributed by atoms with Crippen molar-refractivity contribution >= 4 is 23.6 Å². The fourth-order valence-electron chi connectivity index (χ4n) is 0.342. The van der Waals surface area contributed by atoms with Crippen molar-refractivity contribution in [1.82, 2.24) is 0 Å². The van der Waals surface area contributed by atoms with Crippen LogP contribution in [0.3, 0.4) is 0 Å². The molecule has 0 aliphatic heterocycles. The molecule has 1 aromatic rings. The van der Waals surface area contributed by atoms with Crippen molar-refractivity contribution < 1.29 is 36.0 Å². The first-order valence-corrected chi connectivity index (χ1v) is 5.73. The Morgan fingerprint density at radius 1 is 0.609 bits per heavy atom. The van der Waals surface area contributed by atoms with Gasteiger partial charge in [-0.2, -0.15) is 36.4 Å². The minimum atomic E-state index is -0.583. The zero-order chi connectivity index (χ0) is 18.6. The third-order valence-corrected chi connectivity index (χ3v) is 0.607. The molecule has 0 atom stereocenters. The van der Waals surface area contributed by atoms with E-state index in [0.29, 0.717) is 0 Å². The van der Waals surface area contributed by atoms with Crippen molar-refractivity contribution in [2.24, 2.45) is 0 Å². The SMILES string of the molecule is CC([NH-])=O.CC([NH-])=O.CC([NH-])=O.CC([NH-])=O.[Co].[c-]1ccccc1. The average Bonchev–Trinajstić information content (AvgIpc) is 2.28. The summed E-state index contributed by atoms with van der Waals surface area (Å²) < 4.78 is 0. The van der Waals surface area contributed by atoms with Crippen LogP contribution in [0.25, 0.3) is 22.9 Å². The molecular formula is C14H21CoN4O4-5. The molecule has 0 spiro atoms. The van der Waals surface area contributed by atoms with Crippen LogP contribution in [0.5, 0.6) is 0 Å². The van der Waals surface area contributed by atoms with Crippen LogP contribution in [0.4, 0.5) is 0 Å². The van der Waals surface area contributed by atoms with Crippen LogP contribution in [0.2, 0.25) is 0 Å². The topological polar surface area (TPSA) is 163 Å². The van der Waals surface area contributed by atoms with Crippen LogP contribution >= 0.6 is 0 Å². The van der Waals surface area contributed by atoms with Gasteiger partial charge in [-0.1, -0.05) is 0 Å². The van der Waals surface area contributed by atoms with Crippen LogP contribution in [-0.4, -0.2) is 23.6 Å². The monoisotopic (exact) mass is 368 g/mol. The predicted molar refractivity (Wildman–Crippen MR) is 85.3 cm³/mol. The zero-order valence-electron chi connectivity index (χ0n) is 13.4. The van der Waals surface area contributed by atoms with Gasteiger partial charge in [0.2, 0.25) is 0 Å². The number of amides is 4. The molecule has 0 bridgehead atoms. The van der Waals surface area contributed by atoms with Gasteiger partial charge in [0.05, 0.1) is 0 Å². The first-order chi connectivity index (χ1) is 9.93. The first kappa shape index (κ1) is 32.5. The molecular weight excluding hydrogens is 347 g/mol. The number of rotatable bonds is 0. The minimum Gasteiger partial charge on any atom is -0.668 e. The summed E-state index contributed by atoms with van der Waals surface area (Å²) in [6.07, 6.45) is 0. The van der Waals surface area contributed by atoms with Crippen molar-refractivity contribution in [2.75, 3.05) is 0 Å². The van der Waals surface area contributed by atoms with Crippen molar-refractivity contribution in [3.8, 4) is 0 Å². The van der Waals surface area contributed by atoms with Gasteiger partial charge in [0.1, 0.15) is 0 Å². The summed E-state index contributed by atoms with van der Waals surface area (Å²) >= 11 is 0. The van der Waals surface area contributed by atoms with Crippen molar-refractivity contribution in [3.05, 3.63) is 59.3 Å². The summed E-state index contributed by atoms with van der Waals surface area (Å²) in [5.74, 6) is -2.33. The molecule has 4 N–H and O–H groups in total. The van der Waals surface area contributed by atoms with Gasteiger partial charge in [-0.25, -0.2) is 0 Å². The molecule has 0 fully saturated rings. The van der Waals surface area contributed by atoms with E-state index >= 15 is 0 Å². The van der Waals surface area contributed by atoms with E-state index in [1.54, 1.807) is 0 Å². The molecule has 0 unspecified atom stereocenters. The van der Waals surface area contributed by atoms with Crippen LogP contribution in [0.15, 0.2) is 30.3 Å². The molecule has 1 rings (SSSR count). The standard InChI is InChI=1S/C6H5.4C2H5NO.Co/c1-2-4-6-5-3-1;4*1-2(3)4;/h1-5H;4*1H3,(H2,3,4);/q-1;;;;;/p-4. The molecule has 0 aliphatic carbocycles. The van der Waals surface area contributed by atoms with E-state index in [4.69, 9.17) is 42.1 Å². The number of carbonyl (C=O) groups excluding carboxylic acids is 4. The van der Waals surface area contributed by atoms with Crippen LogP contribution < -0.4 is 0 Å². The smallest absolute Gasteiger partial charge is 0.0456 e. The number of nitrogens with one attached hydrogen (secondary N) is 4. The Kier molecular flexibility index (Phi) is 39.4. The Morgan fingerprint density at radius 3 is 0.826 bits per heavy atom. The molecule has 0 saturated heterocycles. The maximum atomic E-state index is 9.11. The molecule has 0 aliphatic rings. The Bertz CT molecular complexity index is 324. The number of hydrogen-bond donors (Lipinski definition) is 0. The number of carbonyl (C=O) groups is 4. The van der Waals surface area contributed by atoms with E-state index in [1.807, 2.05) is 30.3 Å². The molecule has 23 heavy (non-hydrogen) atoms. The van der Waals surface area contributed by atoms with Crippen LogP contribution in [0.1, 0.15) is 27.7 Å². The predicted octanol–water partition coefficient (Wildman–Crippen LogP) is 3.82. The largest absolute Gasteiger partial charge is 0.668 e. The first-order valence-electron chi connectivity index (χ1n) is 5.73. The summed E-state index contributed by atoms with van der Waals surface area (Å²) in [4.78, 5) is 36.4. The van der Waals surface area contributed by atoms with Gasteiger partial charge in [0.25, 0.3) is 0 Å². The van der Waals surface area contributed by atoms with Crippen molar-refractivity contribution in [2.45, 2.75) is 27.7 Å². The molecule has 8 nitrogen and oxygen atoms in total. The Hall–Kier alpha value is -2.39. The summed E-state index contributed by atoms with van der Waals surface area (Å²) in [7, 11) is 0. The second kappa shape index (κ2) is 27.9. The maximum absolute atomic E-state index is 9.11. The average molecular weight is 368 g/mol. The summed E-state index contributed by atoms with van der Waals surface area (Å²) in [6.45, 7) is 4.78. The molecule has 1 aromatic carbocycles. The van der Waals surface area contributed by atoms with Gasteiger partial charge in [0.15, 0.2) is 0 Å². The maximum Gasteiger partial charge on any atom is 0.0456 e. The van der Waals surface area contributed by atoms with E-state index < -0.39 is 23.6 Å². The van der Waals surface area contributed by atoms with Gasteiger partial charge < -0.3 is 42.1 Å². The molecule has 1 radical (unpaired) electrons. The Morgan fingerprint density at radius 2 is 0.783 bits per heavy atom.